The van der Waals surface area contributed by atoms with Crippen LogP contribution in [0, 0.1) is 0 Å². The maximum atomic E-state index is 13.0. The van der Waals surface area contributed by atoms with Crippen LogP contribution in [0.25, 0.3) is 33.3 Å². The van der Waals surface area contributed by atoms with Crippen LogP contribution in [0.5, 0.6) is 0 Å². The zero-order valence-electron chi connectivity index (χ0n) is 27.5. The lowest BCUT2D eigenvalue weighted by Gasteiger charge is -2.27. The number of H-pyrrole nitrogens is 1. The van der Waals surface area contributed by atoms with Gasteiger partial charge in [-0.25, -0.2) is 14.6 Å². The molecule has 3 heterocycles. The van der Waals surface area contributed by atoms with Gasteiger partial charge in [-0.15, -0.1) is 0 Å². The first kappa shape index (κ1) is 30.8. The second-order valence-corrected chi connectivity index (χ2v) is 14.5. The number of fused-ring (bicyclic) bond motifs is 4. The lowest BCUT2D eigenvalue weighted by Crippen LogP contribution is -2.42. The monoisotopic (exact) mass is 635 g/mol. The number of aromatic nitrogens is 2. The number of ether oxygens (including phenoxy) is 1. The first-order chi connectivity index (χ1) is 22.3. The summed E-state index contributed by atoms with van der Waals surface area (Å²) in [6.45, 7) is 11.0. The average molecular weight is 636 g/mol. The van der Waals surface area contributed by atoms with E-state index in [1.54, 1.807) is 4.90 Å². The van der Waals surface area contributed by atoms with E-state index in [2.05, 4.69) is 54.5 Å². The average Bonchev–Trinajstić information content (AvgIpc) is 3.81. The van der Waals surface area contributed by atoms with Crippen molar-refractivity contribution in [2.24, 2.45) is 0 Å². The van der Waals surface area contributed by atoms with Gasteiger partial charge < -0.3 is 20.1 Å². The van der Waals surface area contributed by atoms with Crippen molar-refractivity contribution >= 4 is 34.8 Å². The quantitative estimate of drug-likeness (QED) is 0.211. The Morgan fingerprint density at radius 1 is 0.915 bits per heavy atom. The summed E-state index contributed by atoms with van der Waals surface area (Å²) in [5.74, 6) is 0.486. The van der Waals surface area contributed by atoms with Crippen molar-refractivity contribution in [2.75, 3.05) is 18.4 Å². The molecule has 0 spiro atoms. The van der Waals surface area contributed by atoms with Crippen molar-refractivity contribution in [3.63, 3.8) is 0 Å². The fourth-order valence-electron chi connectivity index (χ4n) is 7.44. The number of carbonyl (C=O) groups excluding carboxylic acids is 2. The van der Waals surface area contributed by atoms with Crippen molar-refractivity contribution in [1.82, 2.24) is 19.8 Å². The summed E-state index contributed by atoms with van der Waals surface area (Å²) in [6.07, 6.45) is 1.57. The Hall–Kier alpha value is -4.86. The Morgan fingerprint density at radius 3 is 2.32 bits per heavy atom. The van der Waals surface area contributed by atoms with E-state index in [0.717, 1.165) is 57.5 Å². The number of hydrogen-bond donors (Lipinski definition) is 3. The predicted molar refractivity (Wildman–Crippen MR) is 180 cm³/mol. The molecule has 2 atom stereocenters. The number of likely N-dealkylation sites (tertiary alicyclic amines) is 2. The van der Waals surface area contributed by atoms with Gasteiger partial charge in [-0.05, 0) is 110 Å². The third-order valence-electron chi connectivity index (χ3n) is 9.78. The molecule has 2 unspecified atom stereocenters. The van der Waals surface area contributed by atoms with Gasteiger partial charge in [0.25, 0.3) is 0 Å². The highest BCUT2D eigenvalue weighted by atomic mass is 16.6. The molecule has 4 aromatic rings. The Labute approximate surface area is 274 Å². The first-order valence-corrected chi connectivity index (χ1v) is 16.4. The van der Waals surface area contributed by atoms with Crippen LogP contribution in [0.2, 0.25) is 0 Å². The molecule has 0 saturated carbocycles. The summed E-state index contributed by atoms with van der Waals surface area (Å²) >= 11 is 0. The molecule has 2 aliphatic heterocycles. The van der Waals surface area contributed by atoms with Crippen molar-refractivity contribution in [2.45, 2.75) is 83.4 Å². The van der Waals surface area contributed by atoms with E-state index in [9.17, 15) is 19.5 Å². The molecular formula is C37H41N5O5. The Bertz CT molecular complexity index is 1920. The highest BCUT2D eigenvalue weighted by Gasteiger charge is 2.38. The zero-order valence-corrected chi connectivity index (χ0v) is 27.5. The molecule has 1 aliphatic carbocycles. The molecule has 3 aliphatic rings. The summed E-state index contributed by atoms with van der Waals surface area (Å²) in [5.41, 5.74) is 8.28. The lowest BCUT2D eigenvalue weighted by atomic mass is 9.81. The molecule has 2 saturated heterocycles. The van der Waals surface area contributed by atoms with Crippen molar-refractivity contribution in [1.29, 1.82) is 0 Å². The van der Waals surface area contributed by atoms with Gasteiger partial charge in [0.05, 0.1) is 17.1 Å². The van der Waals surface area contributed by atoms with E-state index in [4.69, 9.17) is 9.72 Å². The second kappa shape index (κ2) is 11.1. The van der Waals surface area contributed by atoms with E-state index >= 15 is 0 Å². The van der Waals surface area contributed by atoms with Crippen LogP contribution < -0.4 is 5.32 Å². The fraction of sp³-hybridized carbons (Fsp3) is 0.405. The number of nitrogens with one attached hydrogen (secondary N) is 2. The van der Waals surface area contributed by atoms with Gasteiger partial charge in [-0.1, -0.05) is 38.1 Å². The van der Waals surface area contributed by atoms with Gasteiger partial charge in [0.2, 0.25) is 5.91 Å². The van der Waals surface area contributed by atoms with E-state index in [1.807, 2.05) is 45.0 Å². The number of hydrogen-bond acceptors (Lipinski definition) is 5. The molecule has 47 heavy (non-hydrogen) atoms. The van der Waals surface area contributed by atoms with Gasteiger partial charge in [-0.3, -0.25) is 14.6 Å². The Morgan fingerprint density at radius 2 is 1.57 bits per heavy atom. The third kappa shape index (κ3) is 5.49. The number of rotatable bonds is 4. The number of anilines is 1. The molecule has 10 heteroatoms. The lowest BCUT2D eigenvalue weighted by molar-refractivity contribution is -0.119. The molecule has 2 fully saturated rings. The molecular weight excluding hydrogens is 594 g/mol. The van der Waals surface area contributed by atoms with E-state index in [0.29, 0.717) is 31.6 Å². The van der Waals surface area contributed by atoms with Crippen LogP contribution in [0.3, 0.4) is 0 Å². The minimum Gasteiger partial charge on any atom is -0.465 e. The SMILES string of the molecule is CC(C)(C)OC(=O)N1CCCC1c1nc2cc(-c3ccc4c(c3)C(C)(C)c3cc(NC(=O)C5CCCN5C(=O)O)ccc3-4)ccc2[nH]1. The summed E-state index contributed by atoms with van der Waals surface area (Å²) in [7, 11) is 0. The molecule has 7 rings (SSSR count). The number of imidazole rings is 1. The van der Waals surface area contributed by atoms with E-state index in [1.165, 1.54) is 10.5 Å². The van der Waals surface area contributed by atoms with Gasteiger partial charge in [0.15, 0.2) is 0 Å². The molecule has 10 nitrogen and oxygen atoms in total. The fourth-order valence-corrected chi connectivity index (χ4v) is 7.44. The minimum atomic E-state index is -1.06. The maximum absolute atomic E-state index is 13.0. The molecule has 3 aromatic carbocycles. The topological polar surface area (TPSA) is 128 Å². The molecule has 0 bridgehead atoms. The first-order valence-electron chi connectivity index (χ1n) is 16.4. The second-order valence-electron chi connectivity index (χ2n) is 14.5. The van der Waals surface area contributed by atoms with Crippen LogP contribution in [0.1, 0.15) is 83.3 Å². The molecule has 3 N–H and O–H groups in total. The highest BCUT2D eigenvalue weighted by molar-refractivity contribution is 5.97. The number of carboxylic acid groups (broad SMARTS) is 1. The molecule has 1 aromatic heterocycles. The molecule has 244 valence electrons. The smallest absolute Gasteiger partial charge is 0.410 e. The van der Waals surface area contributed by atoms with Gasteiger partial charge in [0, 0.05) is 24.2 Å². The van der Waals surface area contributed by atoms with Gasteiger partial charge >= 0.3 is 12.2 Å². The van der Waals surface area contributed by atoms with E-state index in [-0.39, 0.29) is 23.5 Å². The third-order valence-corrected chi connectivity index (χ3v) is 9.78. The largest absolute Gasteiger partial charge is 0.465 e. The van der Waals surface area contributed by atoms with Crippen LogP contribution in [-0.4, -0.2) is 67.7 Å². The zero-order chi connectivity index (χ0) is 33.2. The predicted octanol–water partition coefficient (Wildman–Crippen LogP) is 7.69. The normalized spacial score (nSPS) is 19.9. The van der Waals surface area contributed by atoms with Crippen LogP contribution in [-0.2, 0) is 14.9 Å². The number of aromatic amines is 1. The van der Waals surface area contributed by atoms with E-state index < -0.39 is 17.7 Å². The standard InChI is InChI=1S/C37H41N5O5/c1-36(2,3)47-35(46)42-17-6-8-30(42)32-39-28-15-11-22(19-29(28)40-32)21-10-13-24-25-14-12-23(20-27(25)37(4,5)26(24)18-21)38-33(43)31-9-7-16-41(31)34(44)45/h10-15,18-20,30-31H,6-9,16-17H2,1-5H3,(H,38,43)(H,39,40)(H,44,45). The summed E-state index contributed by atoms with van der Waals surface area (Å²) < 4.78 is 5.66. The van der Waals surface area contributed by atoms with Crippen molar-refractivity contribution in [3.8, 4) is 22.3 Å². The summed E-state index contributed by atoms with van der Waals surface area (Å²) in [6, 6.07) is 17.9. The molecule has 0 radical (unpaired) electrons. The summed E-state index contributed by atoms with van der Waals surface area (Å²) in [5, 5.41) is 12.5. The number of carbonyl (C=O) groups is 3. The Balaban J connectivity index is 1.13. The maximum Gasteiger partial charge on any atom is 0.410 e. The van der Waals surface area contributed by atoms with Crippen LogP contribution in [0.4, 0.5) is 15.3 Å². The Kier molecular flexibility index (Phi) is 7.29. The van der Waals surface area contributed by atoms with Crippen LogP contribution in [0.15, 0.2) is 54.6 Å². The minimum absolute atomic E-state index is 0.149. The summed E-state index contributed by atoms with van der Waals surface area (Å²) in [4.78, 5) is 48.9. The van der Waals surface area contributed by atoms with Gasteiger partial charge in [-0.2, -0.15) is 0 Å². The number of benzene rings is 3. The molecule has 3 amide bonds. The van der Waals surface area contributed by atoms with Crippen molar-refractivity contribution < 1.29 is 24.2 Å². The van der Waals surface area contributed by atoms with Gasteiger partial charge in [0.1, 0.15) is 17.5 Å². The van der Waals surface area contributed by atoms with Crippen LogP contribution >= 0.6 is 0 Å². The number of amides is 3. The van der Waals surface area contributed by atoms with Crippen molar-refractivity contribution in [3.05, 3.63) is 71.5 Å². The highest BCUT2D eigenvalue weighted by Crippen LogP contribution is 2.50. The number of nitrogens with zero attached hydrogens (tertiary/aromatic N) is 3.